The Kier molecular flexibility index (Phi) is 5.34. The first-order valence-corrected chi connectivity index (χ1v) is 9.26. The predicted octanol–water partition coefficient (Wildman–Crippen LogP) is 0.928. The van der Waals surface area contributed by atoms with E-state index in [1.807, 2.05) is 13.8 Å². The van der Waals surface area contributed by atoms with Crippen molar-refractivity contribution in [2.75, 3.05) is 6.61 Å². The molecule has 146 valence electrons. The van der Waals surface area contributed by atoms with Gasteiger partial charge in [-0.15, -0.1) is 0 Å². The molecule has 6 atom stereocenters. The Bertz CT molecular complexity index is 673. The molecule has 2 aliphatic heterocycles. The van der Waals surface area contributed by atoms with Gasteiger partial charge in [-0.3, -0.25) is 0 Å². The maximum Gasteiger partial charge on any atom is 0.126 e. The highest BCUT2D eigenvalue weighted by molar-refractivity contribution is 5.51. The van der Waals surface area contributed by atoms with Crippen LogP contribution in [-0.2, 0) is 11.2 Å². The second kappa shape index (κ2) is 7.09. The van der Waals surface area contributed by atoms with Crippen molar-refractivity contribution >= 4 is 0 Å². The lowest BCUT2D eigenvalue weighted by atomic mass is 9.82. The molecule has 4 N–H and O–H groups in total. The highest BCUT2D eigenvalue weighted by Gasteiger charge is 2.47. The second-order valence-electron chi connectivity index (χ2n) is 8.07. The molecule has 2 heterocycles. The third kappa shape index (κ3) is 3.37. The van der Waals surface area contributed by atoms with Crippen LogP contribution in [-0.4, -0.2) is 63.2 Å². The Labute approximate surface area is 154 Å². The number of rotatable bonds is 3. The van der Waals surface area contributed by atoms with Crippen LogP contribution in [0.2, 0.25) is 0 Å². The maximum atomic E-state index is 10.3. The molecule has 2 aliphatic rings. The van der Waals surface area contributed by atoms with Crippen molar-refractivity contribution in [3.05, 3.63) is 28.3 Å². The van der Waals surface area contributed by atoms with Crippen molar-refractivity contribution < 1.29 is 29.9 Å². The number of benzene rings is 1. The van der Waals surface area contributed by atoms with Gasteiger partial charge in [-0.1, -0.05) is 6.07 Å². The summed E-state index contributed by atoms with van der Waals surface area (Å²) in [4.78, 5) is 0. The van der Waals surface area contributed by atoms with E-state index in [1.54, 1.807) is 0 Å². The minimum absolute atomic E-state index is 0.361. The van der Waals surface area contributed by atoms with E-state index < -0.39 is 42.7 Å². The lowest BCUT2D eigenvalue weighted by Crippen LogP contribution is -2.60. The van der Waals surface area contributed by atoms with Gasteiger partial charge in [0.25, 0.3) is 0 Å². The highest BCUT2D eigenvalue weighted by Crippen LogP contribution is 2.41. The number of aliphatic hydroxyl groups excluding tert-OH is 4. The smallest absolute Gasteiger partial charge is 0.126 e. The molecule has 1 fully saturated rings. The van der Waals surface area contributed by atoms with Crippen LogP contribution in [0.1, 0.15) is 42.0 Å². The normalized spacial score (nSPS) is 37.2. The molecule has 0 bridgehead atoms. The molecule has 1 aromatic carbocycles. The van der Waals surface area contributed by atoms with Crippen LogP contribution in [0.15, 0.2) is 6.07 Å². The summed E-state index contributed by atoms with van der Waals surface area (Å²) in [7, 11) is 0. The van der Waals surface area contributed by atoms with Crippen molar-refractivity contribution in [3.63, 3.8) is 0 Å². The van der Waals surface area contributed by atoms with Gasteiger partial charge in [-0.2, -0.15) is 0 Å². The van der Waals surface area contributed by atoms with Gasteiger partial charge in [0, 0.05) is 6.42 Å². The zero-order valence-corrected chi connectivity index (χ0v) is 15.9. The summed E-state index contributed by atoms with van der Waals surface area (Å²) in [5.41, 5.74) is 4.17. The largest absolute Gasteiger partial charge is 0.487 e. The monoisotopic (exact) mass is 366 g/mol. The van der Waals surface area contributed by atoms with Gasteiger partial charge in [-0.25, -0.2) is 0 Å². The second-order valence-corrected chi connectivity index (χ2v) is 8.07. The molecule has 0 radical (unpaired) electrons. The van der Waals surface area contributed by atoms with E-state index >= 15 is 0 Å². The van der Waals surface area contributed by atoms with E-state index in [9.17, 15) is 20.4 Å². The van der Waals surface area contributed by atoms with E-state index in [1.165, 1.54) is 16.7 Å². The minimum atomic E-state index is -1.35. The number of hydrogen-bond acceptors (Lipinski definition) is 6. The van der Waals surface area contributed by atoms with Crippen molar-refractivity contribution in [2.45, 2.75) is 83.1 Å². The fourth-order valence-corrected chi connectivity index (χ4v) is 4.16. The Balaban J connectivity index is 1.82. The third-order valence-corrected chi connectivity index (χ3v) is 5.99. The molecule has 26 heavy (non-hydrogen) atoms. The standard InChI is InChI=1S/C20H30O6/c1-10-7-11(2)13-5-6-20(4,26-19(13)12(10)3)8-14-16(22)18(24)17(23)15(9-21)25-14/h7,14-18,21-24H,5-6,8-9H2,1-4H3/t14-,15+,16-,17-,18+,20?/m0/s1. The first-order valence-electron chi connectivity index (χ1n) is 9.26. The van der Waals surface area contributed by atoms with Crippen molar-refractivity contribution in [3.8, 4) is 5.75 Å². The van der Waals surface area contributed by atoms with Crippen LogP contribution in [0, 0.1) is 20.8 Å². The van der Waals surface area contributed by atoms with Gasteiger partial charge in [-0.05, 0) is 62.8 Å². The molecule has 0 aromatic heterocycles. The number of aryl methyl sites for hydroxylation is 2. The van der Waals surface area contributed by atoms with E-state index in [0.29, 0.717) is 6.42 Å². The summed E-state index contributed by atoms with van der Waals surface area (Å²) in [5, 5.41) is 39.7. The van der Waals surface area contributed by atoms with Crippen LogP contribution in [0.25, 0.3) is 0 Å². The van der Waals surface area contributed by atoms with Crippen LogP contribution in [0.3, 0.4) is 0 Å². The van der Waals surface area contributed by atoms with E-state index in [4.69, 9.17) is 9.47 Å². The third-order valence-electron chi connectivity index (χ3n) is 5.99. The fraction of sp³-hybridized carbons (Fsp3) is 0.700. The summed E-state index contributed by atoms with van der Waals surface area (Å²) in [6.45, 7) is 7.77. The van der Waals surface area contributed by atoms with Crippen LogP contribution < -0.4 is 4.74 Å². The summed E-state index contributed by atoms with van der Waals surface area (Å²) < 4.78 is 12.1. The number of ether oxygens (including phenoxy) is 2. The summed E-state index contributed by atoms with van der Waals surface area (Å²) in [6.07, 6.45) is -3.52. The molecule has 0 amide bonds. The Morgan fingerprint density at radius 3 is 2.35 bits per heavy atom. The molecular weight excluding hydrogens is 336 g/mol. The van der Waals surface area contributed by atoms with Gasteiger partial charge >= 0.3 is 0 Å². The topological polar surface area (TPSA) is 99.4 Å². The Morgan fingerprint density at radius 2 is 1.69 bits per heavy atom. The first-order chi connectivity index (χ1) is 12.2. The van der Waals surface area contributed by atoms with Gasteiger partial charge in [0.15, 0.2) is 0 Å². The molecule has 1 aromatic rings. The number of aliphatic hydroxyl groups is 4. The molecule has 0 spiro atoms. The summed E-state index contributed by atoms with van der Waals surface area (Å²) >= 11 is 0. The SMILES string of the molecule is Cc1cc(C)c2c(c1C)OC(C)(C[C@@H]1O[C@H](CO)[C@H](O)[C@H](O)[C@H]1O)CC2. The molecular formula is C20H30O6. The Hall–Kier alpha value is -1.18. The molecule has 0 saturated carbocycles. The van der Waals surface area contributed by atoms with E-state index in [-0.39, 0.29) is 0 Å². The fourth-order valence-electron chi connectivity index (χ4n) is 4.16. The van der Waals surface area contributed by atoms with Crippen molar-refractivity contribution in [2.24, 2.45) is 0 Å². The van der Waals surface area contributed by atoms with Gasteiger partial charge in [0.2, 0.25) is 0 Å². The van der Waals surface area contributed by atoms with Crippen LogP contribution in [0.5, 0.6) is 5.75 Å². The van der Waals surface area contributed by atoms with Gasteiger partial charge in [0.05, 0.1) is 12.7 Å². The van der Waals surface area contributed by atoms with E-state index in [2.05, 4.69) is 19.9 Å². The molecule has 6 nitrogen and oxygen atoms in total. The number of hydrogen-bond donors (Lipinski definition) is 4. The average molecular weight is 366 g/mol. The number of fused-ring (bicyclic) bond motifs is 1. The molecule has 1 unspecified atom stereocenters. The minimum Gasteiger partial charge on any atom is -0.487 e. The molecule has 6 heteroatoms. The predicted molar refractivity (Wildman–Crippen MR) is 96.4 cm³/mol. The zero-order valence-electron chi connectivity index (χ0n) is 15.9. The lowest BCUT2D eigenvalue weighted by Gasteiger charge is -2.45. The molecule has 1 saturated heterocycles. The van der Waals surface area contributed by atoms with Crippen molar-refractivity contribution in [1.82, 2.24) is 0 Å². The quantitative estimate of drug-likeness (QED) is 0.635. The van der Waals surface area contributed by atoms with Crippen LogP contribution >= 0.6 is 0 Å². The zero-order chi connectivity index (χ0) is 19.2. The Morgan fingerprint density at radius 1 is 1.04 bits per heavy atom. The average Bonchev–Trinajstić information content (AvgIpc) is 2.60. The highest BCUT2D eigenvalue weighted by atomic mass is 16.5. The first kappa shape index (κ1) is 19.6. The van der Waals surface area contributed by atoms with Crippen molar-refractivity contribution in [1.29, 1.82) is 0 Å². The molecule has 0 aliphatic carbocycles. The van der Waals surface area contributed by atoms with Gasteiger partial charge < -0.3 is 29.9 Å². The van der Waals surface area contributed by atoms with E-state index in [0.717, 1.165) is 24.2 Å². The summed E-state index contributed by atoms with van der Waals surface area (Å²) in [5.74, 6) is 0.904. The summed E-state index contributed by atoms with van der Waals surface area (Å²) in [6, 6.07) is 2.18. The van der Waals surface area contributed by atoms with Gasteiger partial charge in [0.1, 0.15) is 35.8 Å². The maximum absolute atomic E-state index is 10.3. The van der Waals surface area contributed by atoms with Crippen LogP contribution in [0.4, 0.5) is 0 Å². The lowest BCUT2D eigenvalue weighted by molar-refractivity contribution is -0.237. The molecule has 3 rings (SSSR count).